The van der Waals surface area contributed by atoms with Crippen LogP contribution in [0, 0.1) is 0 Å². The first-order valence-corrected chi connectivity index (χ1v) is 12.7. The molecule has 12 heteroatoms. The first-order chi connectivity index (χ1) is 18.0. The molecule has 4 heterocycles. The highest BCUT2D eigenvalue weighted by Crippen LogP contribution is 2.27. The van der Waals surface area contributed by atoms with Gasteiger partial charge in [0.15, 0.2) is 5.82 Å². The van der Waals surface area contributed by atoms with Gasteiger partial charge in [0.2, 0.25) is 11.3 Å². The molecule has 0 spiro atoms. The predicted octanol–water partition coefficient (Wildman–Crippen LogP) is 1.78. The van der Waals surface area contributed by atoms with Gasteiger partial charge in [-0.25, -0.2) is 4.98 Å². The van der Waals surface area contributed by atoms with E-state index in [0.29, 0.717) is 42.8 Å². The van der Waals surface area contributed by atoms with Crippen LogP contribution in [0.3, 0.4) is 0 Å². The quantitative estimate of drug-likeness (QED) is 0.384. The molecular weight excluding hydrogens is 496 g/mol. The Kier molecular flexibility index (Phi) is 7.17. The average Bonchev–Trinajstić information content (AvgIpc) is 3.48. The van der Waals surface area contributed by atoms with Crippen LogP contribution in [-0.4, -0.2) is 43.6 Å². The molecule has 5 rings (SSSR count). The minimum Gasteiger partial charge on any atom is -0.469 e. The van der Waals surface area contributed by atoms with Gasteiger partial charge >= 0.3 is 0 Å². The zero-order valence-electron chi connectivity index (χ0n) is 19.7. The molecule has 0 aliphatic carbocycles. The van der Waals surface area contributed by atoms with Gasteiger partial charge in [-0.2, -0.15) is 0 Å². The number of thioether (sulfide) groups is 1. The molecule has 2 aromatic heterocycles. The van der Waals surface area contributed by atoms with Crippen LogP contribution in [0.4, 0.5) is 10.6 Å². The molecule has 0 radical (unpaired) electrons. The van der Waals surface area contributed by atoms with Crippen LogP contribution in [0.25, 0.3) is 0 Å². The first-order valence-electron chi connectivity index (χ1n) is 11.8. The summed E-state index contributed by atoms with van der Waals surface area (Å²) in [5.74, 6) is -0.240. The molecule has 3 N–H and O–H groups in total. The van der Waals surface area contributed by atoms with E-state index in [4.69, 9.17) is 4.74 Å². The van der Waals surface area contributed by atoms with Gasteiger partial charge < -0.3 is 15.4 Å². The Morgan fingerprint density at radius 1 is 1.14 bits per heavy atom. The van der Waals surface area contributed by atoms with Gasteiger partial charge in [0.25, 0.3) is 16.7 Å². The van der Waals surface area contributed by atoms with Crippen molar-refractivity contribution in [3.63, 3.8) is 0 Å². The summed E-state index contributed by atoms with van der Waals surface area (Å²) in [7, 11) is 0. The van der Waals surface area contributed by atoms with E-state index in [9.17, 15) is 19.2 Å². The van der Waals surface area contributed by atoms with E-state index in [2.05, 4.69) is 25.9 Å². The number of carbonyl (C=O) groups is 3. The van der Waals surface area contributed by atoms with Crippen LogP contribution in [0.1, 0.15) is 29.4 Å². The van der Waals surface area contributed by atoms with E-state index in [1.165, 1.54) is 4.57 Å². The minimum absolute atomic E-state index is 0.128. The van der Waals surface area contributed by atoms with Gasteiger partial charge in [0, 0.05) is 48.9 Å². The number of para-hydroxylation sites is 1. The summed E-state index contributed by atoms with van der Waals surface area (Å²) in [6.07, 6.45) is 5.03. The van der Waals surface area contributed by atoms with Gasteiger partial charge in [-0.3, -0.25) is 34.0 Å². The summed E-state index contributed by atoms with van der Waals surface area (Å²) in [6.45, 7) is 0.609. The summed E-state index contributed by atoms with van der Waals surface area (Å²) in [5, 5.41) is 7.65. The minimum atomic E-state index is -0.985. The van der Waals surface area contributed by atoms with E-state index in [1.54, 1.807) is 36.7 Å². The number of anilines is 1. The van der Waals surface area contributed by atoms with Crippen molar-refractivity contribution in [1.29, 1.82) is 0 Å². The predicted molar refractivity (Wildman–Crippen MR) is 136 cm³/mol. The number of rotatable bonds is 9. The lowest BCUT2D eigenvalue weighted by atomic mass is 10.1. The highest BCUT2D eigenvalue weighted by Gasteiger charge is 2.34. The SMILES string of the molecule is O=C1NC(=O)C(Oc2ccccc2CNC(=O)[C@@H]2CCc3cnc(NCCc4ccccn4)c(=O)n32)S1. The number of nitrogens with zero attached hydrogens (tertiary/aromatic N) is 3. The van der Waals surface area contributed by atoms with Crippen molar-refractivity contribution in [1.82, 2.24) is 25.2 Å². The number of ether oxygens (including phenoxy) is 1. The molecule has 3 amide bonds. The van der Waals surface area contributed by atoms with Gasteiger partial charge in [0.1, 0.15) is 11.8 Å². The molecule has 2 aliphatic rings. The lowest BCUT2D eigenvalue weighted by Gasteiger charge is -2.17. The standard InChI is InChI=1S/C25H24N6O5S/c32-21(29-13-15-5-1-2-7-19(15)36-24-22(33)30-25(35)37-24)18-9-8-17-14-28-20(23(34)31(17)18)27-12-10-16-6-3-4-11-26-16/h1-7,11,14,18,24H,8-10,12-13H2,(H,27,28)(H,29,32)(H,30,33,35)/t18-,24?/m0/s1. The van der Waals surface area contributed by atoms with Crippen molar-refractivity contribution < 1.29 is 19.1 Å². The van der Waals surface area contributed by atoms with Crippen LogP contribution < -0.4 is 26.2 Å². The zero-order chi connectivity index (χ0) is 25.8. The molecule has 1 unspecified atom stereocenters. The summed E-state index contributed by atoms with van der Waals surface area (Å²) >= 11 is 0.759. The lowest BCUT2D eigenvalue weighted by molar-refractivity contribution is -0.124. The molecular formula is C25H24N6O5S. The number of amides is 3. The zero-order valence-corrected chi connectivity index (χ0v) is 20.5. The molecule has 2 aliphatic heterocycles. The second-order valence-electron chi connectivity index (χ2n) is 8.50. The number of nitrogens with one attached hydrogen (secondary N) is 3. The fourth-order valence-corrected chi connectivity index (χ4v) is 4.94. The molecule has 1 aromatic carbocycles. The van der Waals surface area contributed by atoms with Gasteiger partial charge in [-0.15, -0.1) is 0 Å². The molecule has 11 nitrogen and oxygen atoms in total. The van der Waals surface area contributed by atoms with Gasteiger partial charge in [-0.05, 0) is 42.8 Å². The number of hydrogen-bond acceptors (Lipinski definition) is 9. The maximum Gasteiger partial charge on any atom is 0.294 e. The smallest absolute Gasteiger partial charge is 0.294 e. The third-order valence-corrected chi connectivity index (χ3v) is 6.92. The van der Waals surface area contributed by atoms with Crippen LogP contribution in [0.15, 0.2) is 59.7 Å². The summed E-state index contributed by atoms with van der Waals surface area (Å²) < 4.78 is 7.21. The highest BCUT2D eigenvalue weighted by atomic mass is 32.2. The van der Waals surface area contributed by atoms with Crippen LogP contribution in [0.5, 0.6) is 5.75 Å². The monoisotopic (exact) mass is 520 g/mol. The van der Waals surface area contributed by atoms with Crippen molar-refractivity contribution in [3.05, 3.63) is 82.2 Å². The Bertz CT molecular complexity index is 1400. The van der Waals surface area contributed by atoms with Crippen molar-refractivity contribution in [2.24, 2.45) is 0 Å². The Hall–Kier alpha value is -4.19. The van der Waals surface area contributed by atoms with E-state index in [0.717, 1.165) is 17.5 Å². The first kappa shape index (κ1) is 24.5. The third kappa shape index (κ3) is 5.48. The van der Waals surface area contributed by atoms with E-state index >= 15 is 0 Å². The fraction of sp³-hybridized carbons (Fsp3) is 0.280. The number of pyridine rings is 1. The van der Waals surface area contributed by atoms with Crippen molar-refractivity contribution in [3.8, 4) is 5.75 Å². The second-order valence-corrected chi connectivity index (χ2v) is 9.53. The number of carbonyl (C=O) groups excluding carboxylic acids is 3. The molecule has 0 saturated carbocycles. The molecule has 3 aromatic rings. The second kappa shape index (κ2) is 10.8. The van der Waals surface area contributed by atoms with Crippen molar-refractivity contribution in [2.45, 2.75) is 37.3 Å². The largest absolute Gasteiger partial charge is 0.469 e. The molecule has 37 heavy (non-hydrogen) atoms. The molecule has 1 fully saturated rings. The van der Waals surface area contributed by atoms with Crippen LogP contribution >= 0.6 is 11.8 Å². The van der Waals surface area contributed by atoms with Gasteiger partial charge in [-0.1, -0.05) is 24.3 Å². The third-order valence-electron chi connectivity index (χ3n) is 6.07. The van der Waals surface area contributed by atoms with Crippen LogP contribution in [0.2, 0.25) is 0 Å². The van der Waals surface area contributed by atoms with E-state index < -0.39 is 22.6 Å². The van der Waals surface area contributed by atoms with E-state index in [-0.39, 0.29) is 23.8 Å². The topological polar surface area (TPSA) is 144 Å². The lowest BCUT2D eigenvalue weighted by Crippen LogP contribution is -2.36. The Morgan fingerprint density at radius 3 is 2.76 bits per heavy atom. The van der Waals surface area contributed by atoms with Crippen molar-refractivity contribution in [2.75, 3.05) is 11.9 Å². The number of aromatic nitrogens is 3. The number of aryl methyl sites for hydroxylation is 1. The summed E-state index contributed by atoms with van der Waals surface area (Å²) in [5.41, 5.74) is 0.921. The Morgan fingerprint density at radius 2 is 1.97 bits per heavy atom. The number of fused-ring (bicyclic) bond motifs is 1. The number of hydrogen-bond donors (Lipinski definition) is 3. The van der Waals surface area contributed by atoms with Crippen LogP contribution in [-0.2, 0) is 29.0 Å². The molecule has 190 valence electrons. The molecule has 2 atom stereocenters. The average molecular weight is 521 g/mol. The fourth-order valence-electron chi connectivity index (χ4n) is 4.26. The number of benzene rings is 1. The number of imide groups is 1. The summed E-state index contributed by atoms with van der Waals surface area (Å²) in [4.78, 5) is 58.1. The normalized spacial score (nSPS) is 18.3. The Labute approximate surface area is 216 Å². The highest BCUT2D eigenvalue weighted by molar-refractivity contribution is 8.15. The van der Waals surface area contributed by atoms with Crippen molar-refractivity contribution >= 4 is 34.6 Å². The maximum absolute atomic E-state index is 13.2. The maximum atomic E-state index is 13.2. The van der Waals surface area contributed by atoms with E-state index in [1.807, 2.05) is 18.2 Å². The molecule has 1 saturated heterocycles. The van der Waals surface area contributed by atoms with Gasteiger partial charge in [0.05, 0.1) is 0 Å². The Balaban J connectivity index is 1.24. The molecule has 0 bridgehead atoms. The summed E-state index contributed by atoms with van der Waals surface area (Å²) in [6, 6.07) is 12.0.